The van der Waals surface area contributed by atoms with E-state index in [1.165, 1.54) is 0 Å². The minimum absolute atomic E-state index is 0.00162. The number of rotatable bonds is 3. The van der Waals surface area contributed by atoms with Crippen LogP contribution >= 0.6 is 34.8 Å². The van der Waals surface area contributed by atoms with Crippen molar-refractivity contribution in [2.45, 2.75) is 24.2 Å². The highest BCUT2D eigenvalue weighted by Crippen LogP contribution is 2.58. The van der Waals surface area contributed by atoms with Crippen LogP contribution in [0.2, 0.25) is 5.02 Å². The van der Waals surface area contributed by atoms with Gasteiger partial charge in [0.2, 0.25) is 5.91 Å². The molecule has 0 bridgehead atoms. The van der Waals surface area contributed by atoms with Crippen molar-refractivity contribution in [3.05, 3.63) is 34.9 Å². The molecule has 1 aromatic rings. The van der Waals surface area contributed by atoms with Gasteiger partial charge in [0, 0.05) is 10.9 Å². The molecule has 1 amide bonds. The van der Waals surface area contributed by atoms with E-state index in [1.54, 1.807) is 12.1 Å². The molecule has 1 fully saturated rings. The number of carbonyl (C=O) groups excluding carboxylic acids is 1. The first-order chi connectivity index (χ1) is 8.34. The van der Waals surface area contributed by atoms with Crippen molar-refractivity contribution in [3.63, 3.8) is 0 Å². The van der Waals surface area contributed by atoms with Crippen LogP contribution in [0.25, 0.3) is 0 Å². The van der Waals surface area contributed by atoms with Crippen LogP contribution in [0.1, 0.15) is 25.5 Å². The Labute approximate surface area is 122 Å². The smallest absolute Gasteiger partial charge is 0.227 e. The Balaban J connectivity index is 1.98. The lowest BCUT2D eigenvalue weighted by molar-refractivity contribution is -0.123. The Morgan fingerprint density at radius 2 is 1.83 bits per heavy atom. The number of alkyl halides is 2. The number of hydrogen-bond acceptors (Lipinski definition) is 1. The molecule has 2 rings (SSSR count). The second-order valence-electron chi connectivity index (χ2n) is 4.72. The number of benzene rings is 1. The van der Waals surface area contributed by atoms with Gasteiger partial charge in [-0.25, -0.2) is 0 Å². The van der Waals surface area contributed by atoms with Gasteiger partial charge in [-0.1, -0.05) is 30.7 Å². The van der Waals surface area contributed by atoms with E-state index in [0.29, 0.717) is 5.02 Å². The van der Waals surface area contributed by atoms with E-state index in [9.17, 15) is 4.79 Å². The van der Waals surface area contributed by atoms with Gasteiger partial charge < -0.3 is 5.32 Å². The fourth-order valence-corrected chi connectivity index (χ4v) is 2.85. The fourth-order valence-electron chi connectivity index (χ4n) is 2.02. The van der Waals surface area contributed by atoms with Crippen molar-refractivity contribution < 1.29 is 4.79 Å². The molecule has 1 unspecified atom stereocenters. The van der Waals surface area contributed by atoms with Crippen LogP contribution in [0.4, 0.5) is 0 Å². The molecule has 1 aliphatic carbocycles. The predicted octanol–water partition coefficient (Wildman–Crippen LogP) is 3.96. The first-order valence-electron chi connectivity index (χ1n) is 5.77. The molecule has 3 atom stereocenters. The molecule has 0 aromatic heterocycles. The maximum Gasteiger partial charge on any atom is 0.227 e. The van der Waals surface area contributed by atoms with E-state index in [4.69, 9.17) is 34.8 Å². The van der Waals surface area contributed by atoms with Crippen molar-refractivity contribution >= 4 is 40.7 Å². The van der Waals surface area contributed by atoms with E-state index in [2.05, 4.69) is 5.32 Å². The number of halogens is 3. The van der Waals surface area contributed by atoms with E-state index in [1.807, 2.05) is 26.0 Å². The summed E-state index contributed by atoms with van der Waals surface area (Å²) in [7, 11) is 0. The normalized spacial score (nSPS) is 26.5. The van der Waals surface area contributed by atoms with Crippen LogP contribution in [0.5, 0.6) is 0 Å². The monoisotopic (exact) mass is 305 g/mol. The van der Waals surface area contributed by atoms with Gasteiger partial charge in [0.15, 0.2) is 0 Å². The molecule has 1 aromatic carbocycles. The molecular weight excluding hydrogens is 293 g/mol. The highest BCUT2D eigenvalue weighted by atomic mass is 35.5. The predicted molar refractivity (Wildman–Crippen MR) is 75.1 cm³/mol. The van der Waals surface area contributed by atoms with Crippen LogP contribution in [-0.2, 0) is 4.79 Å². The lowest BCUT2D eigenvalue weighted by Crippen LogP contribution is -2.29. The molecule has 1 N–H and O–H groups in total. The summed E-state index contributed by atoms with van der Waals surface area (Å²) in [6.07, 6.45) is 0. The summed E-state index contributed by atoms with van der Waals surface area (Å²) in [6, 6.07) is 7.28. The lowest BCUT2D eigenvalue weighted by atomic mass is 10.1. The molecule has 1 aliphatic rings. The van der Waals surface area contributed by atoms with Crippen LogP contribution in [0, 0.1) is 11.8 Å². The van der Waals surface area contributed by atoms with E-state index < -0.39 is 4.33 Å². The molecule has 5 heteroatoms. The summed E-state index contributed by atoms with van der Waals surface area (Å²) < 4.78 is -0.913. The minimum atomic E-state index is -0.913. The van der Waals surface area contributed by atoms with Gasteiger partial charge in [0.1, 0.15) is 4.33 Å². The molecule has 0 heterocycles. The van der Waals surface area contributed by atoms with Crippen LogP contribution in [0.3, 0.4) is 0 Å². The highest BCUT2D eigenvalue weighted by Gasteiger charge is 2.64. The topological polar surface area (TPSA) is 29.1 Å². The minimum Gasteiger partial charge on any atom is -0.349 e. The zero-order valence-electron chi connectivity index (χ0n) is 10.1. The Kier molecular flexibility index (Phi) is 3.82. The summed E-state index contributed by atoms with van der Waals surface area (Å²) in [5.41, 5.74) is 0.996. The summed E-state index contributed by atoms with van der Waals surface area (Å²) >= 11 is 17.8. The first-order valence-corrected chi connectivity index (χ1v) is 6.91. The fraction of sp³-hybridized carbons (Fsp3) is 0.462. The average molecular weight is 307 g/mol. The van der Waals surface area contributed by atoms with Crippen molar-refractivity contribution in [2.75, 3.05) is 0 Å². The number of hydrogen-bond donors (Lipinski definition) is 1. The highest BCUT2D eigenvalue weighted by molar-refractivity contribution is 6.52. The Bertz CT molecular complexity index is 458. The van der Waals surface area contributed by atoms with Gasteiger partial charge in [-0.2, -0.15) is 0 Å². The zero-order valence-corrected chi connectivity index (χ0v) is 12.4. The molecule has 0 radical (unpaired) electrons. The lowest BCUT2D eigenvalue weighted by Gasteiger charge is -2.14. The summed E-state index contributed by atoms with van der Waals surface area (Å²) in [5.74, 6) is -0.427. The standard InChI is InChI=1S/C13H14Cl3NO/c1-7-11(13(7,15)16)12(18)17-8(2)9-3-5-10(14)6-4-9/h3-8,11H,1-2H3,(H,17,18)/t7-,8+,11?/m0/s1. The van der Waals surface area contributed by atoms with Crippen molar-refractivity contribution in [1.29, 1.82) is 0 Å². The quantitative estimate of drug-likeness (QED) is 0.842. The Morgan fingerprint density at radius 3 is 2.28 bits per heavy atom. The van der Waals surface area contributed by atoms with Crippen molar-refractivity contribution in [2.24, 2.45) is 11.8 Å². The van der Waals surface area contributed by atoms with E-state index in [0.717, 1.165) is 5.56 Å². The van der Waals surface area contributed by atoms with Crippen LogP contribution in [-0.4, -0.2) is 10.2 Å². The SMILES string of the molecule is C[C@@H](NC(=O)C1[C@H](C)C1(Cl)Cl)c1ccc(Cl)cc1. The Hall–Kier alpha value is -0.440. The van der Waals surface area contributed by atoms with Gasteiger partial charge in [-0.15, -0.1) is 23.2 Å². The van der Waals surface area contributed by atoms with Crippen molar-refractivity contribution in [3.8, 4) is 0 Å². The van der Waals surface area contributed by atoms with Gasteiger partial charge in [0.05, 0.1) is 12.0 Å². The van der Waals surface area contributed by atoms with Gasteiger partial charge in [0.25, 0.3) is 0 Å². The molecule has 1 saturated carbocycles. The first kappa shape index (κ1) is 14.0. The molecule has 0 spiro atoms. The van der Waals surface area contributed by atoms with Crippen molar-refractivity contribution in [1.82, 2.24) is 5.32 Å². The molecule has 98 valence electrons. The summed E-state index contributed by atoms with van der Waals surface area (Å²) in [6.45, 7) is 3.79. The third kappa shape index (κ3) is 2.61. The van der Waals surface area contributed by atoms with Gasteiger partial charge in [-0.05, 0) is 24.6 Å². The second kappa shape index (κ2) is 4.92. The number of amides is 1. The molecular formula is C13H14Cl3NO. The molecule has 18 heavy (non-hydrogen) atoms. The van der Waals surface area contributed by atoms with E-state index in [-0.39, 0.29) is 23.8 Å². The third-order valence-electron chi connectivity index (χ3n) is 3.42. The Morgan fingerprint density at radius 1 is 1.33 bits per heavy atom. The second-order valence-corrected chi connectivity index (χ2v) is 6.60. The number of nitrogens with one attached hydrogen (secondary N) is 1. The summed E-state index contributed by atoms with van der Waals surface area (Å²) in [4.78, 5) is 12.0. The molecule has 0 aliphatic heterocycles. The summed E-state index contributed by atoms with van der Waals surface area (Å²) in [5, 5.41) is 3.59. The number of carbonyl (C=O) groups is 1. The maximum atomic E-state index is 12.0. The largest absolute Gasteiger partial charge is 0.349 e. The molecule has 2 nitrogen and oxygen atoms in total. The maximum absolute atomic E-state index is 12.0. The molecule has 0 saturated heterocycles. The van der Waals surface area contributed by atoms with Crippen LogP contribution in [0.15, 0.2) is 24.3 Å². The van der Waals surface area contributed by atoms with Gasteiger partial charge in [-0.3, -0.25) is 4.79 Å². The van der Waals surface area contributed by atoms with E-state index >= 15 is 0 Å². The zero-order chi connectivity index (χ0) is 13.5. The van der Waals surface area contributed by atoms with Gasteiger partial charge >= 0.3 is 0 Å². The average Bonchev–Trinajstić information content (AvgIpc) is 2.78. The third-order valence-corrected chi connectivity index (χ3v) is 4.83. The van der Waals surface area contributed by atoms with Crippen LogP contribution < -0.4 is 5.32 Å².